The van der Waals surface area contributed by atoms with Crippen LogP contribution in [0.2, 0.25) is 0 Å². The summed E-state index contributed by atoms with van der Waals surface area (Å²) in [4.78, 5) is 5.23. The summed E-state index contributed by atoms with van der Waals surface area (Å²) in [6.45, 7) is 2.44. The average Bonchev–Trinajstić information content (AvgIpc) is 2.20. The highest BCUT2D eigenvalue weighted by Crippen LogP contribution is 1.99. The molecule has 0 saturated carbocycles. The lowest BCUT2D eigenvalue weighted by Crippen LogP contribution is -2.25. The Morgan fingerprint density at radius 1 is 1.43 bits per heavy atom. The molecule has 74 valence electrons. The first kappa shape index (κ1) is 10.7. The monoisotopic (exact) mass is 190 g/mol. The molecule has 0 aromatic heterocycles. The van der Waals surface area contributed by atoms with E-state index < -0.39 is 0 Å². The number of nitrogens with zero attached hydrogens (tertiary/aromatic N) is 1. The molecule has 0 aliphatic rings. The van der Waals surface area contributed by atoms with Crippen molar-refractivity contribution in [2.24, 2.45) is 0 Å². The van der Waals surface area contributed by atoms with Gasteiger partial charge in [-0.25, -0.2) is 0 Å². The molecule has 0 aliphatic carbocycles. The fourth-order valence-electron chi connectivity index (χ4n) is 1.02. The van der Waals surface area contributed by atoms with Crippen LogP contribution in [0.25, 0.3) is 0 Å². The van der Waals surface area contributed by atoms with E-state index in [0.717, 1.165) is 5.56 Å². The fourth-order valence-corrected chi connectivity index (χ4v) is 1.02. The molecule has 1 N–H and O–H groups in total. The van der Waals surface area contributed by atoms with E-state index in [0.29, 0.717) is 13.0 Å². The third-order valence-electron chi connectivity index (χ3n) is 1.76. The average molecular weight is 190 g/mol. The van der Waals surface area contributed by atoms with E-state index in [-0.39, 0.29) is 6.04 Å². The largest absolute Gasteiger partial charge is 0.297 e. The van der Waals surface area contributed by atoms with E-state index in [1.165, 1.54) is 0 Å². The molecule has 0 fully saturated rings. The predicted octanol–water partition coefficient (Wildman–Crippen LogP) is 2.01. The Kier molecular flexibility index (Phi) is 4.70. The summed E-state index contributed by atoms with van der Waals surface area (Å²) in [5, 5.41) is 8.41. The maximum absolute atomic E-state index is 8.41. The number of nitriles is 1. The molecule has 0 saturated heterocycles. The Labute approximate surface area is 84.3 Å². The first-order chi connectivity index (χ1) is 6.83. The molecule has 14 heavy (non-hydrogen) atoms. The van der Waals surface area contributed by atoms with Gasteiger partial charge in [-0.3, -0.25) is 4.84 Å². The van der Waals surface area contributed by atoms with Crippen molar-refractivity contribution in [3.63, 3.8) is 0 Å². The van der Waals surface area contributed by atoms with E-state index in [1.807, 2.05) is 37.3 Å². The zero-order valence-electron chi connectivity index (χ0n) is 8.23. The lowest BCUT2D eigenvalue weighted by Gasteiger charge is -2.09. The van der Waals surface area contributed by atoms with Crippen LogP contribution in [0, 0.1) is 11.3 Å². The number of rotatable bonds is 5. The van der Waals surface area contributed by atoms with Crippen molar-refractivity contribution in [2.45, 2.75) is 26.0 Å². The molecule has 0 bridgehead atoms. The second kappa shape index (κ2) is 6.14. The quantitative estimate of drug-likeness (QED) is 0.722. The first-order valence-corrected chi connectivity index (χ1v) is 4.61. The van der Waals surface area contributed by atoms with Crippen LogP contribution in [-0.2, 0) is 11.4 Å². The van der Waals surface area contributed by atoms with Gasteiger partial charge in [0.15, 0.2) is 0 Å². The molecule has 0 spiro atoms. The third kappa shape index (κ3) is 4.04. The number of hydrogen-bond acceptors (Lipinski definition) is 3. The Bertz CT molecular complexity index is 292. The van der Waals surface area contributed by atoms with Gasteiger partial charge in [-0.15, -0.1) is 0 Å². The maximum atomic E-state index is 8.41. The molecular formula is C11H14N2O. The van der Waals surface area contributed by atoms with Crippen LogP contribution in [0.1, 0.15) is 18.9 Å². The van der Waals surface area contributed by atoms with Crippen molar-refractivity contribution in [3.05, 3.63) is 35.9 Å². The highest BCUT2D eigenvalue weighted by atomic mass is 16.6. The molecule has 3 heteroatoms. The third-order valence-corrected chi connectivity index (χ3v) is 1.76. The van der Waals surface area contributed by atoms with E-state index in [1.54, 1.807) is 0 Å². The molecular weight excluding hydrogens is 176 g/mol. The lowest BCUT2D eigenvalue weighted by atomic mass is 10.2. The van der Waals surface area contributed by atoms with Gasteiger partial charge < -0.3 is 0 Å². The Morgan fingerprint density at radius 2 is 2.14 bits per heavy atom. The van der Waals surface area contributed by atoms with E-state index >= 15 is 0 Å². The number of nitrogens with one attached hydrogen (secondary N) is 1. The van der Waals surface area contributed by atoms with Gasteiger partial charge in [0, 0.05) is 6.04 Å². The van der Waals surface area contributed by atoms with E-state index in [2.05, 4.69) is 11.5 Å². The molecule has 1 aromatic rings. The molecule has 1 aromatic carbocycles. The van der Waals surface area contributed by atoms with Gasteiger partial charge in [-0.1, -0.05) is 30.3 Å². The Balaban J connectivity index is 2.19. The summed E-state index contributed by atoms with van der Waals surface area (Å²) in [6.07, 6.45) is 0.453. The van der Waals surface area contributed by atoms with Crippen LogP contribution in [0.15, 0.2) is 30.3 Å². The van der Waals surface area contributed by atoms with Gasteiger partial charge in [-0.2, -0.15) is 10.7 Å². The minimum atomic E-state index is 0.0729. The number of hydroxylamine groups is 1. The van der Waals surface area contributed by atoms with Crippen molar-refractivity contribution in [2.75, 3.05) is 0 Å². The lowest BCUT2D eigenvalue weighted by molar-refractivity contribution is 0.00851. The second-order valence-electron chi connectivity index (χ2n) is 3.16. The molecule has 0 amide bonds. The second-order valence-corrected chi connectivity index (χ2v) is 3.16. The van der Waals surface area contributed by atoms with Crippen LogP contribution in [-0.4, -0.2) is 6.04 Å². The topological polar surface area (TPSA) is 45.0 Å². The molecule has 3 nitrogen and oxygen atoms in total. The molecule has 1 atom stereocenters. The van der Waals surface area contributed by atoms with Crippen LogP contribution < -0.4 is 5.48 Å². The number of hydrogen-bond donors (Lipinski definition) is 1. The van der Waals surface area contributed by atoms with Gasteiger partial charge in [0.25, 0.3) is 0 Å². The highest BCUT2D eigenvalue weighted by molar-refractivity contribution is 5.13. The fraction of sp³-hybridized carbons (Fsp3) is 0.364. The SMILES string of the molecule is CC(CC#N)NOCc1ccccc1. The van der Waals surface area contributed by atoms with Crippen LogP contribution in [0.4, 0.5) is 0 Å². The van der Waals surface area contributed by atoms with Gasteiger partial charge >= 0.3 is 0 Å². The summed E-state index contributed by atoms with van der Waals surface area (Å²) >= 11 is 0. The number of benzene rings is 1. The van der Waals surface area contributed by atoms with Gasteiger partial charge in [0.05, 0.1) is 19.1 Å². The summed E-state index contributed by atoms with van der Waals surface area (Å²) in [7, 11) is 0. The standard InChI is InChI=1S/C11H14N2O/c1-10(7-8-12)13-14-9-11-5-3-2-4-6-11/h2-6,10,13H,7,9H2,1H3. The smallest absolute Gasteiger partial charge is 0.0933 e. The Hall–Kier alpha value is -1.37. The summed E-state index contributed by atoms with van der Waals surface area (Å²) in [6, 6.07) is 12.0. The first-order valence-electron chi connectivity index (χ1n) is 4.61. The van der Waals surface area contributed by atoms with Gasteiger partial charge in [0.1, 0.15) is 0 Å². The summed E-state index contributed by atoms with van der Waals surface area (Å²) in [5.41, 5.74) is 3.92. The molecule has 0 aliphatic heterocycles. The molecule has 1 unspecified atom stereocenters. The van der Waals surface area contributed by atoms with Crippen molar-refractivity contribution >= 4 is 0 Å². The van der Waals surface area contributed by atoms with Crippen LogP contribution in [0.3, 0.4) is 0 Å². The Morgan fingerprint density at radius 3 is 2.79 bits per heavy atom. The van der Waals surface area contributed by atoms with Crippen molar-refractivity contribution in [1.82, 2.24) is 5.48 Å². The van der Waals surface area contributed by atoms with Crippen molar-refractivity contribution in [1.29, 1.82) is 5.26 Å². The minimum Gasteiger partial charge on any atom is -0.297 e. The van der Waals surface area contributed by atoms with Crippen LogP contribution in [0.5, 0.6) is 0 Å². The molecule has 0 radical (unpaired) electrons. The minimum absolute atomic E-state index is 0.0729. The molecule has 0 heterocycles. The highest BCUT2D eigenvalue weighted by Gasteiger charge is 1.99. The predicted molar refractivity (Wildman–Crippen MR) is 54.1 cm³/mol. The van der Waals surface area contributed by atoms with Crippen molar-refractivity contribution < 1.29 is 4.84 Å². The van der Waals surface area contributed by atoms with Gasteiger partial charge in [-0.05, 0) is 12.5 Å². The molecule has 1 rings (SSSR count). The van der Waals surface area contributed by atoms with Crippen LogP contribution >= 0.6 is 0 Å². The zero-order valence-corrected chi connectivity index (χ0v) is 8.23. The normalized spacial score (nSPS) is 12.0. The summed E-state index contributed by atoms with van der Waals surface area (Å²) < 4.78 is 0. The summed E-state index contributed by atoms with van der Waals surface area (Å²) in [5.74, 6) is 0. The van der Waals surface area contributed by atoms with E-state index in [9.17, 15) is 0 Å². The van der Waals surface area contributed by atoms with Crippen molar-refractivity contribution in [3.8, 4) is 6.07 Å². The zero-order chi connectivity index (χ0) is 10.2. The van der Waals surface area contributed by atoms with Gasteiger partial charge in [0.2, 0.25) is 0 Å². The van der Waals surface area contributed by atoms with E-state index in [4.69, 9.17) is 10.1 Å². The maximum Gasteiger partial charge on any atom is 0.0933 e.